The van der Waals surface area contributed by atoms with Gasteiger partial charge in [0.2, 0.25) is 0 Å². The highest BCUT2D eigenvalue weighted by atomic mass is 16.6. The van der Waals surface area contributed by atoms with Crippen LogP contribution in [0, 0.1) is 0 Å². The van der Waals surface area contributed by atoms with Gasteiger partial charge in [-0.3, -0.25) is 14.4 Å². The molecule has 0 aliphatic rings. The molecule has 55 heavy (non-hydrogen) atoms. The summed E-state index contributed by atoms with van der Waals surface area (Å²) in [5.41, 5.74) is 0. The van der Waals surface area contributed by atoms with Crippen molar-refractivity contribution in [2.45, 2.75) is 207 Å². The van der Waals surface area contributed by atoms with Crippen molar-refractivity contribution in [3.63, 3.8) is 0 Å². The van der Waals surface area contributed by atoms with Crippen LogP contribution >= 0.6 is 0 Å². The smallest absolute Gasteiger partial charge is 0.306 e. The maximum absolute atomic E-state index is 12.7. The van der Waals surface area contributed by atoms with E-state index in [0.29, 0.717) is 19.3 Å². The molecule has 0 rings (SSSR count). The average Bonchev–Trinajstić information content (AvgIpc) is 3.18. The highest BCUT2D eigenvalue weighted by Crippen LogP contribution is 2.13. The van der Waals surface area contributed by atoms with E-state index in [2.05, 4.69) is 93.7 Å². The van der Waals surface area contributed by atoms with E-state index in [-0.39, 0.29) is 31.1 Å². The van der Waals surface area contributed by atoms with Gasteiger partial charge in [0, 0.05) is 19.3 Å². The predicted octanol–water partition coefficient (Wildman–Crippen LogP) is 14.3. The predicted molar refractivity (Wildman–Crippen MR) is 233 cm³/mol. The Morgan fingerprint density at radius 1 is 0.400 bits per heavy atom. The van der Waals surface area contributed by atoms with E-state index in [9.17, 15) is 14.4 Å². The monoisotopic (exact) mass is 767 g/mol. The molecule has 6 nitrogen and oxygen atoms in total. The van der Waals surface area contributed by atoms with Crippen LogP contribution in [0.2, 0.25) is 0 Å². The topological polar surface area (TPSA) is 78.9 Å². The Labute approximate surface area is 338 Å². The lowest BCUT2D eigenvalue weighted by Crippen LogP contribution is -2.30. The zero-order valence-electron chi connectivity index (χ0n) is 35.7. The first-order valence-electron chi connectivity index (χ1n) is 22.5. The minimum absolute atomic E-state index is 0.0927. The summed E-state index contributed by atoms with van der Waals surface area (Å²) in [5, 5.41) is 0. The van der Waals surface area contributed by atoms with Crippen molar-refractivity contribution in [2.24, 2.45) is 0 Å². The minimum atomic E-state index is -0.791. The maximum atomic E-state index is 12.7. The normalized spacial score (nSPS) is 12.7. The van der Waals surface area contributed by atoms with Crippen molar-refractivity contribution in [2.75, 3.05) is 13.2 Å². The van der Waals surface area contributed by atoms with Gasteiger partial charge in [0.05, 0.1) is 0 Å². The molecule has 0 aromatic heterocycles. The molecule has 0 saturated heterocycles. The van der Waals surface area contributed by atoms with Crippen molar-refractivity contribution < 1.29 is 28.6 Å². The van der Waals surface area contributed by atoms with Gasteiger partial charge in [-0.1, -0.05) is 171 Å². The zero-order valence-corrected chi connectivity index (χ0v) is 35.7. The van der Waals surface area contributed by atoms with Gasteiger partial charge in [-0.25, -0.2) is 0 Å². The van der Waals surface area contributed by atoms with Crippen LogP contribution in [-0.2, 0) is 28.6 Å². The first kappa shape index (κ1) is 51.9. The summed E-state index contributed by atoms with van der Waals surface area (Å²) in [7, 11) is 0. The second-order valence-corrected chi connectivity index (χ2v) is 14.6. The minimum Gasteiger partial charge on any atom is -0.462 e. The second-order valence-electron chi connectivity index (χ2n) is 14.6. The molecule has 6 heteroatoms. The lowest BCUT2D eigenvalue weighted by atomic mass is 10.1. The molecule has 0 spiro atoms. The molecule has 0 saturated carbocycles. The zero-order chi connectivity index (χ0) is 40.1. The largest absolute Gasteiger partial charge is 0.462 e. The van der Waals surface area contributed by atoms with Crippen LogP contribution in [0.25, 0.3) is 0 Å². The number of carbonyl (C=O) groups is 3. The average molecular weight is 767 g/mol. The summed E-state index contributed by atoms with van der Waals surface area (Å²) >= 11 is 0. The number of unbranched alkanes of at least 4 members (excludes halogenated alkanes) is 18. The van der Waals surface area contributed by atoms with E-state index >= 15 is 0 Å². The molecule has 1 unspecified atom stereocenters. The number of esters is 3. The van der Waals surface area contributed by atoms with Gasteiger partial charge in [0.1, 0.15) is 13.2 Å². The third-order valence-electron chi connectivity index (χ3n) is 9.24. The van der Waals surface area contributed by atoms with Crippen LogP contribution in [0.3, 0.4) is 0 Å². The molecule has 0 bridgehead atoms. The Bertz CT molecular complexity index is 1070. The number of carbonyl (C=O) groups excluding carboxylic acids is 3. The standard InChI is InChI=1S/C49H82O6/c1-4-7-10-13-16-19-22-24-26-27-30-33-36-39-42-48(51)54-45-46(44-53-47(50)41-38-35-32-29-21-18-15-12-9-6-3)55-49(52)43-40-37-34-31-28-25-23-20-17-14-11-8-5-2/h7-8,10-11,14-20,23,46H,4-6,9,12-13,21-22,24-45H2,1-3H3/b10-7-,11-8-,17-14-,18-15-,19-16-,23-20-. The van der Waals surface area contributed by atoms with Gasteiger partial charge in [-0.05, 0) is 83.5 Å². The van der Waals surface area contributed by atoms with Gasteiger partial charge in [0.15, 0.2) is 6.10 Å². The fourth-order valence-corrected chi connectivity index (χ4v) is 5.87. The van der Waals surface area contributed by atoms with Gasteiger partial charge in [0.25, 0.3) is 0 Å². The molecule has 0 radical (unpaired) electrons. The van der Waals surface area contributed by atoms with E-state index in [1.807, 2.05) is 0 Å². The molecule has 0 heterocycles. The first-order chi connectivity index (χ1) is 27.0. The summed E-state index contributed by atoms with van der Waals surface area (Å²) < 4.78 is 16.7. The number of allylic oxidation sites excluding steroid dienone is 12. The van der Waals surface area contributed by atoms with Gasteiger partial charge in [-0.2, -0.15) is 0 Å². The quantitative estimate of drug-likeness (QED) is 0.0204. The van der Waals surface area contributed by atoms with Crippen LogP contribution in [0.1, 0.15) is 201 Å². The SMILES string of the molecule is CC\C=C/C=C\C=C/CCCCCCCC(=O)OC(COC(=O)CCCCCC/C=C\CCCC)COC(=O)CCCCCCCCC/C=C\C/C=C\CC. The molecule has 0 amide bonds. The molecule has 0 N–H and O–H groups in total. The number of hydrogen-bond acceptors (Lipinski definition) is 6. The summed E-state index contributed by atoms with van der Waals surface area (Å²) in [6, 6.07) is 0. The van der Waals surface area contributed by atoms with Crippen molar-refractivity contribution >= 4 is 17.9 Å². The Morgan fingerprint density at radius 2 is 0.800 bits per heavy atom. The molecule has 1 atom stereocenters. The first-order valence-corrected chi connectivity index (χ1v) is 22.5. The Kier molecular flexibility index (Phi) is 41.1. The lowest BCUT2D eigenvalue weighted by molar-refractivity contribution is -0.167. The van der Waals surface area contributed by atoms with Crippen LogP contribution in [0.15, 0.2) is 72.9 Å². The molecular formula is C49H82O6. The van der Waals surface area contributed by atoms with Gasteiger partial charge in [-0.15, -0.1) is 0 Å². The van der Waals surface area contributed by atoms with E-state index in [0.717, 1.165) is 122 Å². The van der Waals surface area contributed by atoms with Crippen LogP contribution < -0.4 is 0 Å². The van der Waals surface area contributed by atoms with Crippen molar-refractivity contribution in [1.82, 2.24) is 0 Å². The number of ether oxygens (including phenoxy) is 3. The molecule has 0 aliphatic heterocycles. The Balaban J connectivity index is 4.43. The Morgan fingerprint density at radius 3 is 1.31 bits per heavy atom. The summed E-state index contributed by atoms with van der Waals surface area (Å²) in [6.07, 6.45) is 53.1. The van der Waals surface area contributed by atoms with E-state index in [1.165, 1.54) is 38.5 Å². The molecule has 0 aromatic carbocycles. The summed E-state index contributed by atoms with van der Waals surface area (Å²) in [6.45, 7) is 6.30. The highest BCUT2D eigenvalue weighted by Gasteiger charge is 2.19. The fourth-order valence-electron chi connectivity index (χ4n) is 5.87. The fraction of sp³-hybridized carbons (Fsp3) is 0.694. The molecule has 0 fully saturated rings. The van der Waals surface area contributed by atoms with Crippen LogP contribution in [-0.4, -0.2) is 37.2 Å². The van der Waals surface area contributed by atoms with E-state index in [1.54, 1.807) is 0 Å². The molecular weight excluding hydrogens is 685 g/mol. The second kappa shape index (κ2) is 43.6. The van der Waals surface area contributed by atoms with Crippen LogP contribution in [0.5, 0.6) is 0 Å². The lowest BCUT2D eigenvalue weighted by Gasteiger charge is -2.18. The van der Waals surface area contributed by atoms with Crippen molar-refractivity contribution in [3.8, 4) is 0 Å². The van der Waals surface area contributed by atoms with Gasteiger partial charge < -0.3 is 14.2 Å². The van der Waals surface area contributed by atoms with Crippen molar-refractivity contribution in [3.05, 3.63) is 72.9 Å². The van der Waals surface area contributed by atoms with E-state index in [4.69, 9.17) is 14.2 Å². The Hall–Kier alpha value is -3.15. The number of rotatable bonds is 39. The highest BCUT2D eigenvalue weighted by molar-refractivity contribution is 5.71. The number of hydrogen-bond donors (Lipinski definition) is 0. The van der Waals surface area contributed by atoms with Crippen molar-refractivity contribution in [1.29, 1.82) is 0 Å². The van der Waals surface area contributed by atoms with Gasteiger partial charge >= 0.3 is 17.9 Å². The third kappa shape index (κ3) is 41.8. The molecule has 314 valence electrons. The maximum Gasteiger partial charge on any atom is 0.306 e. The third-order valence-corrected chi connectivity index (χ3v) is 9.24. The molecule has 0 aliphatic carbocycles. The summed E-state index contributed by atoms with van der Waals surface area (Å²) in [4.78, 5) is 37.7. The van der Waals surface area contributed by atoms with E-state index < -0.39 is 6.10 Å². The van der Waals surface area contributed by atoms with Crippen LogP contribution in [0.4, 0.5) is 0 Å². The molecule has 0 aromatic rings. The summed E-state index contributed by atoms with van der Waals surface area (Å²) in [5.74, 6) is -0.942.